The van der Waals surface area contributed by atoms with Gasteiger partial charge >= 0.3 is 0 Å². The van der Waals surface area contributed by atoms with Gasteiger partial charge in [-0.1, -0.05) is 6.07 Å². The van der Waals surface area contributed by atoms with Crippen molar-refractivity contribution in [1.29, 1.82) is 0 Å². The van der Waals surface area contributed by atoms with Crippen LogP contribution in [0, 0.1) is 5.82 Å². The average Bonchev–Trinajstić information content (AvgIpc) is 2.03. The summed E-state index contributed by atoms with van der Waals surface area (Å²) in [6.45, 7) is 2.73. The van der Waals surface area contributed by atoms with E-state index in [2.05, 4.69) is 5.32 Å². The second-order valence-corrected chi connectivity index (χ2v) is 3.20. The SMILES string of the molecule is CC(N)CCNc1cccc(F)c1. The predicted molar refractivity (Wildman–Crippen MR) is 53.2 cm³/mol. The molecule has 13 heavy (non-hydrogen) atoms. The van der Waals surface area contributed by atoms with E-state index in [1.54, 1.807) is 6.07 Å². The number of hydrogen-bond donors (Lipinski definition) is 2. The maximum atomic E-state index is 12.7. The molecule has 3 heteroatoms. The Morgan fingerprint density at radius 1 is 1.54 bits per heavy atom. The standard InChI is InChI=1S/C10H15FN2/c1-8(12)5-6-13-10-4-2-3-9(11)7-10/h2-4,7-8,13H,5-6,12H2,1H3. The van der Waals surface area contributed by atoms with Crippen molar-refractivity contribution >= 4 is 5.69 Å². The Kier molecular flexibility index (Phi) is 3.71. The highest BCUT2D eigenvalue weighted by Crippen LogP contribution is 2.08. The Bertz CT molecular complexity index is 261. The molecule has 0 saturated carbocycles. The Labute approximate surface area is 77.9 Å². The molecule has 1 rings (SSSR count). The quantitative estimate of drug-likeness (QED) is 0.747. The molecule has 0 bridgehead atoms. The summed E-state index contributed by atoms with van der Waals surface area (Å²) in [4.78, 5) is 0. The third-order valence-electron chi connectivity index (χ3n) is 1.75. The topological polar surface area (TPSA) is 38.0 Å². The van der Waals surface area contributed by atoms with Gasteiger partial charge in [0.1, 0.15) is 5.82 Å². The average molecular weight is 182 g/mol. The summed E-state index contributed by atoms with van der Waals surface area (Å²) in [5.74, 6) is -0.217. The molecule has 0 saturated heterocycles. The summed E-state index contributed by atoms with van der Waals surface area (Å²) >= 11 is 0. The minimum absolute atomic E-state index is 0.182. The molecule has 1 unspecified atom stereocenters. The molecule has 0 fully saturated rings. The van der Waals surface area contributed by atoms with Crippen LogP contribution in [0.1, 0.15) is 13.3 Å². The van der Waals surface area contributed by atoms with Crippen LogP contribution in [0.25, 0.3) is 0 Å². The predicted octanol–water partition coefficient (Wildman–Crippen LogP) is 1.97. The summed E-state index contributed by atoms with van der Waals surface area (Å²) in [7, 11) is 0. The van der Waals surface area contributed by atoms with E-state index in [1.165, 1.54) is 12.1 Å². The molecule has 3 N–H and O–H groups in total. The fourth-order valence-electron chi connectivity index (χ4n) is 1.04. The van der Waals surface area contributed by atoms with Gasteiger partial charge in [0.2, 0.25) is 0 Å². The number of rotatable bonds is 4. The van der Waals surface area contributed by atoms with Crippen LogP contribution in [0.15, 0.2) is 24.3 Å². The van der Waals surface area contributed by atoms with Gasteiger partial charge in [0.25, 0.3) is 0 Å². The van der Waals surface area contributed by atoms with Gasteiger partial charge in [0.05, 0.1) is 0 Å². The largest absolute Gasteiger partial charge is 0.385 e. The Balaban J connectivity index is 2.37. The summed E-state index contributed by atoms with van der Waals surface area (Å²) in [6.07, 6.45) is 0.885. The third kappa shape index (κ3) is 3.90. The molecule has 0 amide bonds. The van der Waals surface area contributed by atoms with Crippen molar-refractivity contribution in [2.24, 2.45) is 5.73 Å². The summed E-state index contributed by atoms with van der Waals surface area (Å²) < 4.78 is 12.7. The molecule has 0 aromatic heterocycles. The number of benzene rings is 1. The van der Waals surface area contributed by atoms with Crippen LogP contribution in [-0.2, 0) is 0 Å². The van der Waals surface area contributed by atoms with Gasteiger partial charge in [-0.25, -0.2) is 4.39 Å². The molecule has 0 aliphatic heterocycles. The highest BCUT2D eigenvalue weighted by Gasteiger charge is 1.95. The van der Waals surface area contributed by atoms with Crippen molar-refractivity contribution in [1.82, 2.24) is 0 Å². The van der Waals surface area contributed by atoms with E-state index >= 15 is 0 Å². The molecule has 1 aromatic carbocycles. The highest BCUT2D eigenvalue weighted by molar-refractivity contribution is 5.42. The van der Waals surface area contributed by atoms with Crippen molar-refractivity contribution in [3.05, 3.63) is 30.1 Å². The fourth-order valence-corrected chi connectivity index (χ4v) is 1.04. The van der Waals surface area contributed by atoms with E-state index in [9.17, 15) is 4.39 Å². The zero-order valence-corrected chi connectivity index (χ0v) is 7.76. The van der Waals surface area contributed by atoms with E-state index < -0.39 is 0 Å². The molecular formula is C10H15FN2. The lowest BCUT2D eigenvalue weighted by Crippen LogP contribution is -2.19. The van der Waals surface area contributed by atoms with E-state index in [4.69, 9.17) is 5.73 Å². The number of halogens is 1. The second-order valence-electron chi connectivity index (χ2n) is 3.20. The van der Waals surface area contributed by atoms with Gasteiger partial charge in [0.15, 0.2) is 0 Å². The number of nitrogens with one attached hydrogen (secondary N) is 1. The van der Waals surface area contributed by atoms with Crippen LogP contribution in [0.4, 0.5) is 10.1 Å². The van der Waals surface area contributed by atoms with E-state index in [1.807, 2.05) is 13.0 Å². The maximum Gasteiger partial charge on any atom is 0.125 e. The molecule has 72 valence electrons. The van der Waals surface area contributed by atoms with Crippen molar-refractivity contribution in [2.45, 2.75) is 19.4 Å². The lowest BCUT2D eigenvalue weighted by Gasteiger charge is -2.07. The molecule has 2 nitrogen and oxygen atoms in total. The molecule has 0 aliphatic rings. The Hall–Kier alpha value is -1.09. The molecular weight excluding hydrogens is 167 g/mol. The van der Waals surface area contributed by atoms with Crippen LogP contribution >= 0.6 is 0 Å². The van der Waals surface area contributed by atoms with Crippen molar-refractivity contribution in [2.75, 3.05) is 11.9 Å². The van der Waals surface area contributed by atoms with Crippen LogP contribution in [0.5, 0.6) is 0 Å². The van der Waals surface area contributed by atoms with Crippen LogP contribution < -0.4 is 11.1 Å². The molecule has 0 aliphatic carbocycles. The molecule has 0 radical (unpaired) electrons. The Morgan fingerprint density at radius 2 is 2.31 bits per heavy atom. The van der Waals surface area contributed by atoms with E-state index in [0.29, 0.717) is 0 Å². The van der Waals surface area contributed by atoms with Crippen LogP contribution in [-0.4, -0.2) is 12.6 Å². The van der Waals surface area contributed by atoms with Gasteiger partial charge in [-0.05, 0) is 31.5 Å². The van der Waals surface area contributed by atoms with Gasteiger partial charge in [0, 0.05) is 18.3 Å². The second kappa shape index (κ2) is 4.82. The monoisotopic (exact) mass is 182 g/mol. The number of nitrogens with two attached hydrogens (primary N) is 1. The summed E-state index contributed by atoms with van der Waals surface area (Å²) in [5, 5.41) is 3.10. The molecule has 0 heterocycles. The molecule has 1 aromatic rings. The number of hydrogen-bond acceptors (Lipinski definition) is 2. The summed E-state index contributed by atoms with van der Waals surface area (Å²) in [6, 6.07) is 6.60. The van der Waals surface area contributed by atoms with E-state index in [0.717, 1.165) is 18.7 Å². The van der Waals surface area contributed by atoms with E-state index in [-0.39, 0.29) is 11.9 Å². The highest BCUT2D eigenvalue weighted by atomic mass is 19.1. The van der Waals surface area contributed by atoms with Crippen molar-refractivity contribution in [3.8, 4) is 0 Å². The van der Waals surface area contributed by atoms with Gasteiger partial charge in [-0.15, -0.1) is 0 Å². The number of anilines is 1. The first-order chi connectivity index (χ1) is 6.18. The van der Waals surface area contributed by atoms with Crippen LogP contribution in [0.3, 0.4) is 0 Å². The lowest BCUT2D eigenvalue weighted by atomic mass is 10.2. The van der Waals surface area contributed by atoms with Gasteiger partial charge in [-0.2, -0.15) is 0 Å². The molecule has 0 spiro atoms. The smallest absolute Gasteiger partial charge is 0.125 e. The Morgan fingerprint density at radius 3 is 2.92 bits per heavy atom. The third-order valence-corrected chi connectivity index (χ3v) is 1.75. The lowest BCUT2D eigenvalue weighted by molar-refractivity contribution is 0.628. The minimum atomic E-state index is -0.217. The van der Waals surface area contributed by atoms with Crippen LogP contribution in [0.2, 0.25) is 0 Å². The zero-order chi connectivity index (χ0) is 9.68. The first-order valence-corrected chi connectivity index (χ1v) is 4.43. The normalized spacial score (nSPS) is 12.5. The first kappa shape index (κ1) is 9.99. The zero-order valence-electron chi connectivity index (χ0n) is 7.76. The van der Waals surface area contributed by atoms with Gasteiger partial charge in [-0.3, -0.25) is 0 Å². The fraction of sp³-hybridized carbons (Fsp3) is 0.400. The maximum absolute atomic E-state index is 12.7. The first-order valence-electron chi connectivity index (χ1n) is 4.43. The van der Waals surface area contributed by atoms with Crippen molar-refractivity contribution < 1.29 is 4.39 Å². The molecule has 1 atom stereocenters. The summed E-state index contributed by atoms with van der Waals surface area (Å²) in [5.41, 5.74) is 6.38. The van der Waals surface area contributed by atoms with Crippen molar-refractivity contribution in [3.63, 3.8) is 0 Å². The van der Waals surface area contributed by atoms with Gasteiger partial charge < -0.3 is 11.1 Å². The minimum Gasteiger partial charge on any atom is -0.385 e.